The molecule has 2 aliphatic heterocycles. The van der Waals surface area contributed by atoms with Gasteiger partial charge in [-0.25, -0.2) is 0 Å². The van der Waals surface area contributed by atoms with Crippen LogP contribution in [-0.4, -0.2) is 44.1 Å². The number of hydrogen-bond donors (Lipinski definition) is 1. The van der Waals surface area contributed by atoms with Crippen molar-refractivity contribution < 1.29 is 9.53 Å². The number of methoxy groups -OCH3 is 1. The van der Waals surface area contributed by atoms with Gasteiger partial charge in [0.2, 0.25) is 0 Å². The topological polar surface area (TPSA) is 44.8 Å². The Hall–Kier alpha value is -3.47. The maximum Gasteiger partial charge on any atom is 0.253 e. The molecule has 4 aliphatic rings. The van der Waals surface area contributed by atoms with Crippen molar-refractivity contribution in [2.24, 2.45) is 17.8 Å². The zero-order chi connectivity index (χ0) is 24.9. The summed E-state index contributed by atoms with van der Waals surface area (Å²) in [5.74, 6) is 3.74. The number of nitrogens with zero attached hydrogens (tertiary/aromatic N) is 2. The normalized spacial score (nSPS) is 27.9. The van der Waals surface area contributed by atoms with E-state index in [0.717, 1.165) is 49.3 Å². The van der Waals surface area contributed by atoms with Crippen LogP contribution in [0.15, 0.2) is 72.8 Å². The van der Waals surface area contributed by atoms with E-state index in [2.05, 4.69) is 64.8 Å². The van der Waals surface area contributed by atoms with Crippen LogP contribution in [0, 0.1) is 17.8 Å². The summed E-state index contributed by atoms with van der Waals surface area (Å²) in [4.78, 5) is 18.0. The number of hydrogen-bond acceptors (Lipinski definition) is 4. The molecule has 3 aromatic rings. The quantitative estimate of drug-likeness (QED) is 0.488. The number of carbonyl (C=O) groups excluding carboxylic acids is 1. The van der Waals surface area contributed by atoms with E-state index in [-0.39, 0.29) is 5.91 Å². The van der Waals surface area contributed by atoms with Crippen LogP contribution in [0.2, 0.25) is 0 Å². The number of fused-ring (bicyclic) bond motifs is 7. The van der Waals surface area contributed by atoms with Gasteiger partial charge in [-0.3, -0.25) is 4.79 Å². The van der Waals surface area contributed by atoms with Gasteiger partial charge in [0.25, 0.3) is 5.91 Å². The van der Waals surface area contributed by atoms with Crippen LogP contribution in [-0.2, 0) is 0 Å². The van der Waals surface area contributed by atoms with Gasteiger partial charge in [0.1, 0.15) is 5.75 Å². The molecule has 5 heteroatoms. The van der Waals surface area contributed by atoms with E-state index in [4.69, 9.17) is 4.74 Å². The van der Waals surface area contributed by atoms with Gasteiger partial charge in [-0.15, -0.1) is 0 Å². The van der Waals surface area contributed by atoms with E-state index >= 15 is 0 Å². The Morgan fingerprint density at radius 1 is 0.892 bits per heavy atom. The summed E-state index contributed by atoms with van der Waals surface area (Å²) < 4.78 is 5.29. The number of benzene rings is 3. The van der Waals surface area contributed by atoms with E-state index in [1.54, 1.807) is 7.11 Å². The SMILES string of the molecule is COc1ccc(N2CCN(C(=O)c3ccc4c(c3)[C@@H]3[C@H]5CC[C@@H](C5)[C@@H]3[C@H](c3ccccc3)N4)CC2)cc1. The first kappa shape index (κ1) is 22.7. The lowest BCUT2D eigenvalue weighted by molar-refractivity contribution is 0.0746. The second-order valence-corrected chi connectivity index (χ2v) is 11.2. The standard InChI is InChI=1S/C32H35N3O2/c1-37-26-12-10-25(11-13-26)34-15-17-35(18-16-34)32(36)24-9-14-28-27(20-24)29-22-7-8-23(19-22)30(29)31(33-28)21-5-3-2-4-6-21/h2-6,9-14,20,22-23,29-31,33H,7-8,15-19H2,1H3/t22-,23-,29-,30-,31-/m0/s1. The highest BCUT2D eigenvalue weighted by Gasteiger charge is 2.53. The minimum Gasteiger partial charge on any atom is -0.497 e. The number of anilines is 2. The lowest BCUT2D eigenvalue weighted by atomic mass is 9.68. The molecule has 2 heterocycles. The van der Waals surface area contributed by atoms with Gasteiger partial charge in [-0.2, -0.15) is 0 Å². The highest BCUT2D eigenvalue weighted by atomic mass is 16.5. The molecule has 2 aliphatic carbocycles. The zero-order valence-electron chi connectivity index (χ0n) is 21.5. The number of nitrogens with one attached hydrogen (secondary N) is 1. The lowest BCUT2D eigenvalue weighted by Crippen LogP contribution is -2.48. The monoisotopic (exact) mass is 493 g/mol. The smallest absolute Gasteiger partial charge is 0.253 e. The predicted molar refractivity (Wildman–Crippen MR) is 147 cm³/mol. The van der Waals surface area contributed by atoms with Crippen molar-refractivity contribution in [3.63, 3.8) is 0 Å². The summed E-state index contributed by atoms with van der Waals surface area (Å²) in [5.41, 5.74) is 6.03. The second kappa shape index (κ2) is 9.13. The first-order valence-electron chi connectivity index (χ1n) is 13.8. The van der Waals surface area contributed by atoms with Crippen LogP contribution in [0.4, 0.5) is 11.4 Å². The van der Waals surface area contributed by atoms with Gasteiger partial charge in [0, 0.05) is 43.1 Å². The van der Waals surface area contributed by atoms with Crippen molar-refractivity contribution in [3.8, 4) is 5.75 Å². The van der Waals surface area contributed by atoms with Crippen molar-refractivity contribution in [3.05, 3.63) is 89.5 Å². The van der Waals surface area contributed by atoms with E-state index in [1.165, 1.54) is 41.8 Å². The Morgan fingerprint density at radius 3 is 2.41 bits per heavy atom. The highest BCUT2D eigenvalue weighted by Crippen LogP contribution is 2.63. The molecular weight excluding hydrogens is 458 g/mol. The van der Waals surface area contributed by atoms with Crippen LogP contribution < -0.4 is 15.0 Å². The van der Waals surface area contributed by atoms with Crippen molar-refractivity contribution >= 4 is 17.3 Å². The number of carbonyl (C=O) groups is 1. The molecule has 1 saturated heterocycles. The fourth-order valence-electron chi connectivity index (χ4n) is 7.75. The molecule has 0 spiro atoms. The summed E-state index contributed by atoms with van der Waals surface area (Å²) in [6, 6.07) is 26.0. The lowest BCUT2D eigenvalue weighted by Gasteiger charge is -2.44. The molecular formula is C32H35N3O2. The maximum atomic E-state index is 13.6. The van der Waals surface area contributed by atoms with Gasteiger partial charge in [-0.05, 0) is 96.5 Å². The van der Waals surface area contributed by atoms with Gasteiger partial charge in [0.05, 0.1) is 13.2 Å². The van der Waals surface area contributed by atoms with Crippen molar-refractivity contribution in [1.82, 2.24) is 4.90 Å². The van der Waals surface area contributed by atoms with Crippen molar-refractivity contribution in [2.75, 3.05) is 43.5 Å². The fourth-order valence-corrected chi connectivity index (χ4v) is 7.75. The molecule has 1 amide bonds. The molecule has 2 saturated carbocycles. The molecule has 37 heavy (non-hydrogen) atoms. The van der Waals surface area contributed by atoms with Gasteiger partial charge in [0.15, 0.2) is 0 Å². The number of rotatable bonds is 4. The number of amides is 1. The number of piperazine rings is 1. The van der Waals surface area contributed by atoms with Crippen molar-refractivity contribution in [2.45, 2.75) is 31.2 Å². The minimum atomic E-state index is 0.169. The van der Waals surface area contributed by atoms with Crippen molar-refractivity contribution in [1.29, 1.82) is 0 Å². The summed E-state index contributed by atoms with van der Waals surface area (Å²) in [7, 11) is 1.69. The minimum absolute atomic E-state index is 0.169. The summed E-state index contributed by atoms with van der Waals surface area (Å²) in [5, 5.41) is 3.91. The Labute approximate surface area is 219 Å². The fraction of sp³-hybridized carbons (Fsp3) is 0.406. The third kappa shape index (κ3) is 3.87. The van der Waals surface area contributed by atoms with Gasteiger partial charge >= 0.3 is 0 Å². The first-order valence-corrected chi connectivity index (χ1v) is 13.8. The maximum absolute atomic E-state index is 13.6. The van der Waals surface area contributed by atoms with E-state index < -0.39 is 0 Å². The summed E-state index contributed by atoms with van der Waals surface area (Å²) in [6.07, 6.45) is 4.02. The van der Waals surface area contributed by atoms with E-state index in [1.807, 2.05) is 23.1 Å². The van der Waals surface area contributed by atoms with Crippen LogP contribution in [0.1, 0.15) is 52.7 Å². The Bertz CT molecular complexity index is 1280. The molecule has 5 atom stereocenters. The summed E-state index contributed by atoms with van der Waals surface area (Å²) in [6.45, 7) is 3.18. The molecule has 3 aromatic carbocycles. The van der Waals surface area contributed by atoms with Crippen LogP contribution >= 0.6 is 0 Å². The predicted octanol–water partition coefficient (Wildman–Crippen LogP) is 5.95. The molecule has 0 unspecified atom stereocenters. The Balaban J connectivity index is 1.11. The molecule has 1 N–H and O–H groups in total. The average molecular weight is 494 g/mol. The molecule has 3 fully saturated rings. The van der Waals surface area contributed by atoms with Crippen LogP contribution in [0.25, 0.3) is 0 Å². The first-order chi connectivity index (χ1) is 18.2. The van der Waals surface area contributed by atoms with Crippen LogP contribution in [0.3, 0.4) is 0 Å². The molecule has 0 aromatic heterocycles. The summed E-state index contributed by atoms with van der Waals surface area (Å²) >= 11 is 0. The van der Waals surface area contributed by atoms with E-state index in [9.17, 15) is 4.79 Å². The molecule has 7 rings (SSSR count). The second-order valence-electron chi connectivity index (χ2n) is 11.2. The average Bonchev–Trinajstić information content (AvgIpc) is 3.60. The molecule has 190 valence electrons. The highest BCUT2D eigenvalue weighted by molar-refractivity contribution is 5.95. The van der Waals surface area contributed by atoms with Crippen LogP contribution in [0.5, 0.6) is 5.75 Å². The zero-order valence-corrected chi connectivity index (χ0v) is 21.5. The largest absolute Gasteiger partial charge is 0.497 e. The third-order valence-corrected chi connectivity index (χ3v) is 9.50. The molecule has 5 nitrogen and oxygen atoms in total. The Kier molecular flexibility index (Phi) is 5.60. The van der Waals surface area contributed by atoms with E-state index in [0.29, 0.717) is 17.9 Å². The number of ether oxygens (including phenoxy) is 1. The van der Waals surface area contributed by atoms with Gasteiger partial charge < -0.3 is 19.9 Å². The van der Waals surface area contributed by atoms with Gasteiger partial charge in [-0.1, -0.05) is 30.3 Å². The Morgan fingerprint density at radius 2 is 1.65 bits per heavy atom. The molecule has 2 bridgehead atoms. The third-order valence-electron chi connectivity index (χ3n) is 9.50. The molecule has 0 radical (unpaired) electrons.